The summed E-state index contributed by atoms with van der Waals surface area (Å²) in [6.45, 7) is 0. The Labute approximate surface area is 144 Å². The second kappa shape index (κ2) is 6.35. The van der Waals surface area contributed by atoms with E-state index in [4.69, 9.17) is 17.3 Å². The van der Waals surface area contributed by atoms with Gasteiger partial charge in [-0.15, -0.1) is 10.2 Å². The number of aromatic nitrogens is 4. The van der Waals surface area contributed by atoms with Crippen molar-refractivity contribution in [3.05, 3.63) is 52.0 Å². The molecule has 0 atom stereocenters. The van der Waals surface area contributed by atoms with Gasteiger partial charge in [0.1, 0.15) is 0 Å². The lowest BCUT2D eigenvalue weighted by Gasteiger charge is -2.23. The number of aromatic amines is 1. The molecule has 9 heteroatoms. The number of urea groups is 1. The van der Waals surface area contributed by atoms with Crippen LogP contribution in [0.1, 0.15) is 0 Å². The van der Waals surface area contributed by atoms with E-state index < -0.39 is 6.03 Å². The number of benzene rings is 2. The molecular formula is C14H10BrClN6O. The van der Waals surface area contributed by atoms with Crippen molar-refractivity contribution in [2.75, 3.05) is 4.90 Å². The molecule has 0 radical (unpaired) electrons. The van der Waals surface area contributed by atoms with E-state index in [1.54, 1.807) is 42.5 Å². The Kier molecular flexibility index (Phi) is 4.26. The highest BCUT2D eigenvalue weighted by Gasteiger charge is 2.21. The van der Waals surface area contributed by atoms with Crippen molar-refractivity contribution in [3.63, 3.8) is 0 Å². The molecule has 0 spiro atoms. The van der Waals surface area contributed by atoms with Crippen molar-refractivity contribution in [1.82, 2.24) is 20.6 Å². The number of hydrogen-bond donors (Lipinski definition) is 2. The summed E-state index contributed by atoms with van der Waals surface area (Å²) in [7, 11) is 0. The molecule has 23 heavy (non-hydrogen) atoms. The Balaban J connectivity index is 2.20. The van der Waals surface area contributed by atoms with Gasteiger partial charge < -0.3 is 5.73 Å². The SMILES string of the molecule is NC(=O)N(c1cccc(Cl)c1)c1ccc(Br)cc1-c1nn[nH]n1. The lowest BCUT2D eigenvalue weighted by Crippen LogP contribution is -2.31. The Morgan fingerprint density at radius 2 is 2.09 bits per heavy atom. The molecule has 0 aliphatic carbocycles. The van der Waals surface area contributed by atoms with Gasteiger partial charge in [0.15, 0.2) is 0 Å². The summed E-state index contributed by atoms with van der Waals surface area (Å²) in [6, 6.07) is 11.5. The van der Waals surface area contributed by atoms with Gasteiger partial charge in [0, 0.05) is 15.1 Å². The molecule has 3 aromatic rings. The van der Waals surface area contributed by atoms with E-state index in [0.29, 0.717) is 27.8 Å². The summed E-state index contributed by atoms with van der Waals surface area (Å²) in [4.78, 5) is 13.4. The van der Waals surface area contributed by atoms with Crippen molar-refractivity contribution >= 4 is 44.9 Å². The minimum Gasteiger partial charge on any atom is -0.351 e. The predicted molar refractivity (Wildman–Crippen MR) is 90.5 cm³/mol. The van der Waals surface area contributed by atoms with Crippen molar-refractivity contribution in [1.29, 1.82) is 0 Å². The molecule has 0 bridgehead atoms. The Morgan fingerprint density at radius 3 is 2.74 bits per heavy atom. The largest absolute Gasteiger partial charge is 0.351 e. The quantitative estimate of drug-likeness (QED) is 0.711. The van der Waals surface area contributed by atoms with E-state index in [-0.39, 0.29) is 0 Å². The highest BCUT2D eigenvalue weighted by Crippen LogP contribution is 2.36. The average Bonchev–Trinajstić information content (AvgIpc) is 3.03. The first-order valence-electron chi connectivity index (χ1n) is 6.45. The van der Waals surface area contributed by atoms with Gasteiger partial charge in [-0.3, -0.25) is 4.90 Å². The van der Waals surface area contributed by atoms with Crippen LogP contribution in [0, 0.1) is 0 Å². The molecule has 1 heterocycles. The number of rotatable bonds is 3. The van der Waals surface area contributed by atoms with Crippen LogP contribution in [0.3, 0.4) is 0 Å². The van der Waals surface area contributed by atoms with E-state index in [9.17, 15) is 4.79 Å². The number of anilines is 2. The summed E-state index contributed by atoms with van der Waals surface area (Å²) >= 11 is 9.41. The third-order valence-corrected chi connectivity index (χ3v) is 3.80. The van der Waals surface area contributed by atoms with Gasteiger partial charge in [-0.25, -0.2) is 4.79 Å². The third kappa shape index (κ3) is 3.17. The Morgan fingerprint density at radius 1 is 1.26 bits per heavy atom. The molecule has 2 amide bonds. The van der Waals surface area contributed by atoms with Crippen LogP contribution in [-0.4, -0.2) is 26.7 Å². The molecule has 0 saturated heterocycles. The number of primary amides is 1. The third-order valence-electron chi connectivity index (χ3n) is 3.07. The number of halogens is 2. The first-order valence-corrected chi connectivity index (χ1v) is 7.62. The van der Waals surface area contributed by atoms with Crippen LogP contribution in [0.15, 0.2) is 46.9 Å². The highest BCUT2D eigenvalue weighted by atomic mass is 79.9. The van der Waals surface area contributed by atoms with Crippen LogP contribution in [0.2, 0.25) is 5.02 Å². The number of nitrogens with one attached hydrogen (secondary N) is 1. The summed E-state index contributed by atoms with van der Waals surface area (Å²) in [5.41, 5.74) is 7.23. The number of tetrazole rings is 1. The predicted octanol–water partition coefficient (Wildman–Crippen LogP) is 3.50. The summed E-state index contributed by atoms with van der Waals surface area (Å²) < 4.78 is 0.802. The fraction of sp³-hybridized carbons (Fsp3) is 0. The van der Waals surface area contributed by atoms with Gasteiger partial charge in [-0.2, -0.15) is 5.21 Å². The van der Waals surface area contributed by atoms with Crippen LogP contribution >= 0.6 is 27.5 Å². The van der Waals surface area contributed by atoms with E-state index >= 15 is 0 Å². The maximum Gasteiger partial charge on any atom is 0.323 e. The van der Waals surface area contributed by atoms with E-state index in [0.717, 1.165) is 4.47 Å². The summed E-state index contributed by atoms with van der Waals surface area (Å²) in [5, 5.41) is 14.4. The van der Waals surface area contributed by atoms with Gasteiger partial charge >= 0.3 is 6.03 Å². The van der Waals surface area contributed by atoms with Crippen molar-refractivity contribution < 1.29 is 4.79 Å². The molecule has 116 valence electrons. The second-order valence-corrected chi connectivity index (χ2v) is 5.90. The van der Waals surface area contributed by atoms with E-state index in [1.807, 2.05) is 0 Å². The van der Waals surface area contributed by atoms with Crippen molar-refractivity contribution in [2.24, 2.45) is 5.73 Å². The maximum atomic E-state index is 12.0. The van der Waals surface area contributed by atoms with Gasteiger partial charge in [-0.05, 0) is 41.6 Å². The van der Waals surface area contributed by atoms with Gasteiger partial charge in [0.25, 0.3) is 0 Å². The molecule has 1 aromatic heterocycles. The highest BCUT2D eigenvalue weighted by molar-refractivity contribution is 9.10. The van der Waals surface area contributed by atoms with Crippen LogP contribution in [-0.2, 0) is 0 Å². The fourth-order valence-corrected chi connectivity index (χ4v) is 2.70. The molecule has 3 rings (SSSR count). The standard InChI is InChI=1S/C14H10BrClN6O/c15-8-4-5-12(11(6-8)13-18-20-21-19-13)22(14(17)23)10-3-1-2-9(16)7-10/h1-7H,(H2,17,23)(H,18,19,20,21). The lowest BCUT2D eigenvalue weighted by molar-refractivity contribution is 0.256. The smallest absolute Gasteiger partial charge is 0.323 e. The fourth-order valence-electron chi connectivity index (χ4n) is 2.16. The van der Waals surface area contributed by atoms with Crippen LogP contribution in [0.5, 0.6) is 0 Å². The van der Waals surface area contributed by atoms with E-state index in [1.165, 1.54) is 4.90 Å². The number of carbonyl (C=O) groups is 1. The zero-order valence-electron chi connectivity index (χ0n) is 11.6. The minimum absolute atomic E-state index is 0.342. The van der Waals surface area contributed by atoms with Crippen LogP contribution in [0.25, 0.3) is 11.4 Å². The molecule has 3 N–H and O–H groups in total. The normalized spacial score (nSPS) is 10.5. The zero-order valence-corrected chi connectivity index (χ0v) is 13.9. The minimum atomic E-state index is -0.653. The maximum absolute atomic E-state index is 12.0. The molecule has 2 aromatic carbocycles. The second-order valence-electron chi connectivity index (χ2n) is 4.55. The molecule has 7 nitrogen and oxygen atoms in total. The summed E-state index contributed by atoms with van der Waals surface area (Å²) in [6.07, 6.45) is 0. The first kappa shape index (κ1) is 15.4. The molecule has 0 aliphatic rings. The number of amides is 2. The van der Waals surface area contributed by atoms with Gasteiger partial charge in [-0.1, -0.05) is 33.6 Å². The number of nitrogens with zero attached hydrogens (tertiary/aromatic N) is 4. The zero-order chi connectivity index (χ0) is 16.4. The Hall–Kier alpha value is -2.45. The van der Waals surface area contributed by atoms with Crippen molar-refractivity contribution in [3.8, 4) is 11.4 Å². The topological polar surface area (TPSA) is 101 Å². The van der Waals surface area contributed by atoms with Crippen LogP contribution < -0.4 is 10.6 Å². The monoisotopic (exact) mass is 392 g/mol. The number of hydrogen-bond acceptors (Lipinski definition) is 4. The molecule has 0 fully saturated rings. The number of carbonyl (C=O) groups excluding carboxylic acids is 1. The number of H-pyrrole nitrogens is 1. The molecular weight excluding hydrogens is 384 g/mol. The lowest BCUT2D eigenvalue weighted by atomic mass is 10.1. The molecule has 0 saturated carbocycles. The molecule has 0 unspecified atom stereocenters. The average molecular weight is 394 g/mol. The molecule has 0 aliphatic heterocycles. The number of nitrogens with two attached hydrogens (primary N) is 1. The van der Waals surface area contributed by atoms with E-state index in [2.05, 4.69) is 36.6 Å². The van der Waals surface area contributed by atoms with Crippen molar-refractivity contribution in [2.45, 2.75) is 0 Å². The van der Waals surface area contributed by atoms with Gasteiger partial charge in [0.05, 0.1) is 11.4 Å². The Bertz CT molecular complexity index is 854. The van der Waals surface area contributed by atoms with Gasteiger partial charge in [0.2, 0.25) is 5.82 Å². The van der Waals surface area contributed by atoms with Crippen LogP contribution in [0.4, 0.5) is 16.2 Å². The summed E-state index contributed by atoms with van der Waals surface area (Å²) in [5.74, 6) is 0.342. The first-order chi connectivity index (χ1) is 11.1.